The fraction of sp³-hybridized carbons (Fsp3) is 0.722. The second-order valence-electron chi connectivity index (χ2n) is 7.23. The molecule has 134 valence electrons. The molecule has 1 atom stereocenters. The van der Waals surface area contributed by atoms with E-state index in [0.29, 0.717) is 32.6 Å². The van der Waals surface area contributed by atoms with Crippen LogP contribution in [0.2, 0.25) is 0 Å². The topological polar surface area (TPSA) is 67.6 Å². The van der Waals surface area contributed by atoms with Gasteiger partial charge in [0, 0.05) is 24.6 Å². The Bertz CT molecular complexity index is 520. The van der Waals surface area contributed by atoms with Crippen LogP contribution in [-0.4, -0.2) is 49.2 Å². The van der Waals surface area contributed by atoms with E-state index in [1.54, 1.807) is 11.3 Å². The van der Waals surface area contributed by atoms with E-state index in [-0.39, 0.29) is 11.9 Å². The third-order valence-corrected chi connectivity index (χ3v) is 6.40. The summed E-state index contributed by atoms with van der Waals surface area (Å²) in [6.07, 6.45) is 3.66. The number of amides is 1. The first-order chi connectivity index (χ1) is 11.6. The molecule has 3 N–H and O–H groups in total. The predicted molar refractivity (Wildman–Crippen MR) is 97.0 cm³/mol. The van der Waals surface area contributed by atoms with E-state index in [2.05, 4.69) is 34.7 Å². The van der Waals surface area contributed by atoms with E-state index < -0.39 is 5.54 Å². The van der Waals surface area contributed by atoms with Crippen molar-refractivity contribution in [2.24, 2.45) is 11.7 Å². The van der Waals surface area contributed by atoms with Gasteiger partial charge in [-0.15, -0.1) is 11.3 Å². The molecule has 5 nitrogen and oxygen atoms in total. The number of thiophene rings is 1. The Hall–Kier alpha value is -0.950. The molecular formula is C18H29N3O2S. The number of piperidine rings is 1. The summed E-state index contributed by atoms with van der Waals surface area (Å²) in [5.41, 5.74) is 5.53. The normalized spacial score (nSPS) is 23.8. The zero-order valence-electron chi connectivity index (χ0n) is 14.5. The van der Waals surface area contributed by atoms with Gasteiger partial charge in [0.25, 0.3) is 0 Å². The lowest BCUT2D eigenvalue weighted by Gasteiger charge is -2.37. The molecule has 0 radical (unpaired) electrons. The number of likely N-dealkylation sites (tertiary alicyclic amines) is 1. The quantitative estimate of drug-likeness (QED) is 0.853. The molecule has 0 aromatic carbocycles. The summed E-state index contributed by atoms with van der Waals surface area (Å²) in [5, 5.41) is 5.25. The predicted octanol–water partition coefficient (Wildman–Crippen LogP) is 2.15. The first-order valence-corrected chi connectivity index (χ1v) is 9.89. The standard InChI is InChI=1S/C18H29N3O2S/c1-14-4-8-21(9-5-14)15(16-3-2-12-24-16)13-20-17(22)18(19)6-10-23-11-7-18/h2-3,12,14-15H,4-11,13,19H2,1H3,(H,20,22). The van der Waals surface area contributed by atoms with Gasteiger partial charge in [-0.05, 0) is 56.1 Å². The Kier molecular flexibility index (Phi) is 5.92. The van der Waals surface area contributed by atoms with E-state index in [1.807, 2.05) is 0 Å². The molecule has 0 aliphatic carbocycles. The molecule has 1 aromatic rings. The maximum absolute atomic E-state index is 12.6. The van der Waals surface area contributed by atoms with Crippen molar-refractivity contribution in [3.05, 3.63) is 22.4 Å². The number of carbonyl (C=O) groups is 1. The summed E-state index contributed by atoms with van der Waals surface area (Å²) in [6, 6.07) is 4.51. The van der Waals surface area contributed by atoms with E-state index in [0.717, 1.165) is 19.0 Å². The minimum absolute atomic E-state index is 0.0299. The van der Waals surface area contributed by atoms with Crippen molar-refractivity contribution in [2.75, 3.05) is 32.8 Å². The maximum Gasteiger partial charge on any atom is 0.240 e. The lowest BCUT2D eigenvalue weighted by atomic mass is 9.90. The molecule has 1 aromatic heterocycles. The molecule has 1 amide bonds. The number of nitrogens with one attached hydrogen (secondary N) is 1. The van der Waals surface area contributed by atoms with Crippen LogP contribution in [-0.2, 0) is 9.53 Å². The Morgan fingerprint density at radius 1 is 1.46 bits per heavy atom. The van der Waals surface area contributed by atoms with Crippen molar-refractivity contribution in [2.45, 2.75) is 44.2 Å². The molecule has 2 aliphatic rings. The van der Waals surface area contributed by atoms with Gasteiger partial charge in [-0.3, -0.25) is 9.69 Å². The smallest absolute Gasteiger partial charge is 0.240 e. The molecule has 2 aliphatic heterocycles. The third kappa shape index (κ3) is 4.17. The first kappa shape index (κ1) is 17.9. The van der Waals surface area contributed by atoms with Gasteiger partial charge in [-0.1, -0.05) is 13.0 Å². The van der Waals surface area contributed by atoms with E-state index >= 15 is 0 Å². The number of hydrogen-bond acceptors (Lipinski definition) is 5. The van der Waals surface area contributed by atoms with Gasteiger partial charge in [0.05, 0.1) is 11.6 Å². The van der Waals surface area contributed by atoms with Crippen LogP contribution in [0.1, 0.15) is 43.5 Å². The number of ether oxygens (including phenoxy) is 1. The van der Waals surface area contributed by atoms with Gasteiger partial charge < -0.3 is 15.8 Å². The molecule has 0 bridgehead atoms. The molecule has 0 spiro atoms. The highest BCUT2D eigenvalue weighted by molar-refractivity contribution is 7.10. The van der Waals surface area contributed by atoms with Gasteiger partial charge in [0.15, 0.2) is 0 Å². The van der Waals surface area contributed by atoms with Crippen LogP contribution >= 0.6 is 11.3 Å². The molecule has 2 saturated heterocycles. The van der Waals surface area contributed by atoms with Gasteiger partial charge in [-0.2, -0.15) is 0 Å². The lowest BCUT2D eigenvalue weighted by molar-refractivity contribution is -0.130. The Labute approximate surface area is 148 Å². The highest BCUT2D eigenvalue weighted by atomic mass is 32.1. The van der Waals surface area contributed by atoms with Crippen molar-refractivity contribution in [3.8, 4) is 0 Å². The molecule has 0 saturated carbocycles. The van der Waals surface area contributed by atoms with Crippen molar-refractivity contribution >= 4 is 17.2 Å². The molecule has 3 heterocycles. The molecule has 2 fully saturated rings. The van der Waals surface area contributed by atoms with E-state index in [9.17, 15) is 4.79 Å². The van der Waals surface area contributed by atoms with Crippen LogP contribution in [0, 0.1) is 5.92 Å². The molecule has 3 rings (SSSR count). The van der Waals surface area contributed by atoms with Crippen molar-refractivity contribution in [1.29, 1.82) is 0 Å². The van der Waals surface area contributed by atoms with E-state index in [4.69, 9.17) is 10.5 Å². The Morgan fingerprint density at radius 3 is 2.79 bits per heavy atom. The van der Waals surface area contributed by atoms with Gasteiger partial charge in [0.2, 0.25) is 5.91 Å². The fourth-order valence-corrected chi connectivity index (χ4v) is 4.42. The monoisotopic (exact) mass is 351 g/mol. The van der Waals surface area contributed by atoms with Crippen molar-refractivity contribution in [1.82, 2.24) is 10.2 Å². The molecular weight excluding hydrogens is 322 g/mol. The lowest BCUT2D eigenvalue weighted by Crippen LogP contribution is -2.57. The first-order valence-electron chi connectivity index (χ1n) is 9.01. The van der Waals surface area contributed by atoms with Crippen LogP contribution in [0.3, 0.4) is 0 Å². The van der Waals surface area contributed by atoms with Crippen LogP contribution in [0.15, 0.2) is 17.5 Å². The Morgan fingerprint density at radius 2 is 2.17 bits per heavy atom. The Balaban J connectivity index is 1.63. The van der Waals surface area contributed by atoms with E-state index in [1.165, 1.54) is 17.7 Å². The van der Waals surface area contributed by atoms with Crippen molar-refractivity contribution < 1.29 is 9.53 Å². The van der Waals surface area contributed by atoms with Crippen LogP contribution in [0.25, 0.3) is 0 Å². The molecule has 1 unspecified atom stereocenters. The van der Waals surface area contributed by atoms with Crippen LogP contribution in [0.4, 0.5) is 0 Å². The minimum atomic E-state index is -0.769. The third-order valence-electron chi connectivity index (χ3n) is 5.42. The fourth-order valence-electron chi connectivity index (χ4n) is 3.56. The van der Waals surface area contributed by atoms with Gasteiger partial charge >= 0.3 is 0 Å². The molecule has 24 heavy (non-hydrogen) atoms. The highest BCUT2D eigenvalue weighted by Crippen LogP contribution is 2.29. The zero-order chi connectivity index (χ0) is 17.0. The van der Waals surface area contributed by atoms with Crippen LogP contribution in [0.5, 0.6) is 0 Å². The van der Waals surface area contributed by atoms with Gasteiger partial charge in [0.1, 0.15) is 0 Å². The summed E-state index contributed by atoms with van der Waals surface area (Å²) < 4.78 is 5.34. The SMILES string of the molecule is CC1CCN(C(CNC(=O)C2(N)CCOCC2)c2cccs2)CC1. The van der Waals surface area contributed by atoms with Gasteiger partial charge in [-0.25, -0.2) is 0 Å². The summed E-state index contributed by atoms with van der Waals surface area (Å²) in [7, 11) is 0. The minimum Gasteiger partial charge on any atom is -0.381 e. The number of nitrogens with two attached hydrogens (primary N) is 1. The summed E-state index contributed by atoms with van der Waals surface area (Å²) in [4.78, 5) is 16.5. The average molecular weight is 352 g/mol. The number of hydrogen-bond donors (Lipinski definition) is 2. The average Bonchev–Trinajstić information content (AvgIpc) is 3.11. The summed E-state index contributed by atoms with van der Waals surface area (Å²) >= 11 is 1.77. The number of carbonyl (C=O) groups excluding carboxylic acids is 1. The maximum atomic E-state index is 12.6. The second-order valence-corrected chi connectivity index (χ2v) is 8.21. The summed E-state index contributed by atoms with van der Waals surface area (Å²) in [6.45, 7) is 6.29. The number of nitrogens with zero attached hydrogens (tertiary/aromatic N) is 1. The number of rotatable bonds is 5. The van der Waals surface area contributed by atoms with Crippen molar-refractivity contribution in [3.63, 3.8) is 0 Å². The molecule has 6 heteroatoms. The second kappa shape index (κ2) is 7.95. The highest BCUT2D eigenvalue weighted by Gasteiger charge is 2.36. The zero-order valence-corrected chi connectivity index (χ0v) is 15.3. The largest absolute Gasteiger partial charge is 0.381 e. The van der Waals surface area contributed by atoms with Crippen LogP contribution < -0.4 is 11.1 Å². The summed E-state index contributed by atoms with van der Waals surface area (Å²) in [5.74, 6) is 0.770.